The number of hydrogen-bond donors (Lipinski definition) is 1. The third-order valence-corrected chi connectivity index (χ3v) is 3.12. The summed E-state index contributed by atoms with van der Waals surface area (Å²) in [7, 11) is 1.32. The maximum atomic E-state index is 12.1. The van der Waals surface area contributed by atoms with Crippen molar-refractivity contribution < 1.29 is 19.4 Å². The molecule has 1 amide bonds. The van der Waals surface area contributed by atoms with Crippen molar-refractivity contribution in [3.8, 4) is 5.75 Å². The highest BCUT2D eigenvalue weighted by atomic mass is 16.6. The fraction of sp³-hybridized carbons (Fsp3) is 0.231. The third kappa shape index (κ3) is 3.63. The zero-order valence-corrected chi connectivity index (χ0v) is 12.8. The number of amides is 1. The van der Waals surface area contributed by atoms with E-state index in [9.17, 15) is 25.0 Å². The van der Waals surface area contributed by atoms with Crippen molar-refractivity contribution in [1.29, 1.82) is 0 Å². The number of ether oxygens (including phenoxy) is 1. The third-order valence-electron chi connectivity index (χ3n) is 3.12. The van der Waals surface area contributed by atoms with Gasteiger partial charge >= 0.3 is 5.82 Å². The summed E-state index contributed by atoms with van der Waals surface area (Å²) in [6.45, 7) is 1.33. The number of nitrogens with one attached hydrogen (secondary N) is 1. The van der Waals surface area contributed by atoms with Gasteiger partial charge in [-0.25, -0.2) is 0 Å². The van der Waals surface area contributed by atoms with Crippen LogP contribution < -0.4 is 10.1 Å². The summed E-state index contributed by atoms with van der Waals surface area (Å²) in [6, 6.07) is 4.99. The van der Waals surface area contributed by atoms with E-state index in [4.69, 9.17) is 4.74 Å². The Morgan fingerprint density at radius 3 is 2.54 bits per heavy atom. The number of hydrogen-bond acceptors (Lipinski definition) is 7. The number of methoxy groups -OCH3 is 1. The van der Waals surface area contributed by atoms with Gasteiger partial charge < -0.3 is 20.2 Å². The van der Waals surface area contributed by atoms with Crippen LogP contribution in [0.15, 0.2) is 24.3 Å². The van der Waals surface area contributed by atoms with Crippen molar-refractivity contribution >= 4 is 23.1 Å². The molecule has 1 heterocycles. The lowest BCUT2D eigenvalue weighted by atomic mass is 10.2. The topological polar surface area (TPSA) is 142 Å². The number of benzene rings is 1. The molecule has 0 fully saturated rings. The molecule has 0 radical (unpaired) electrons. The SMILES string of the molecule is COc1cc([N+](=O)[O-])ccc1NC(=O)Cn1nc([N+](=O)[O-])cc1C. The van der Waals surface area contributed by atoms with E-state index >= 15 is 0 Å². The van der Waals surface area contributed by atoms with Crippen LogP contribution in [0, 0.1) is 27.2 Å². The molecule has 2 aromatic rings. The average molecular weight is 335 g/mol. The van der Waals surface area contributed by atoms with Gasteiger partial charge in [-0.2, -0.15) is 4.68 Å². The predicted octanol–water partition coefficient (Wildman–Crippen LogP) is 1.66. The number of carbonyl (C=O) groups is 1. The van der Waals surface area contributed by atoms with Crippen molar-refractivity contribution in [2.24, 2.45) is 0 Å². The first kappa shape index (κ1) is 16.9. The molecular formula is C13H13N5O6. The van der Waals surface area contributed by atoms with Crippen LogP contribution in [0.1, 0.15) is 5.69 Å². The number of nitro benzene ring substituents is 1. The van der Waals surface area contributed by atoms with E-state index in [1.807, 2.05) is 0 Å². The summed E-state index contributed by atoms with van der Waals surface area (Å²) in [6.07, 6.45) is 0. The summed E-state index contributed by atoms with van der Waals surface area (Å²) >= 11 is 0. The molecule has 0 aliphatic heterocycles. The Labute approximate surface area is 135 Å². The number of carbonyl (C=O) groups excluding carboxylic acids is 1. The molecule has 24 heavy (non-hydrogen) atoms. The van der Waals surface area contributed by atoms with Gasteiger partial charge in [0.15, 0.2) is 0 Å². The molecule has 0 bridgehead atoms. The van der Waals surface area contributed by atoms with Crippen molar-refractivity contribution in [2.45, 2.75) is 13.5 Å². The van der Waals surface area contributed by atoms with Crippen LogP contribution >= 0.6 is 0 Å². The molecule has 0 aliphatic carbocycles. The fourth-order valence-corrected chi connectivity index (χ4v) is 1.96. The minimum absolute atomic E-state index is 0.126. The van der Waals surface area contributed by atoms with Gasteiger partial charge in [0.25, 0.3) is 5.69 Å². The highest BCUT2D eigenvalue weighted by molar-refractivity contribution is 5.92. The Morgan fingerprint density at radius 2 is 2.00 bits per heavy atom. The molecule has 11 heteroatoms. The van der Waals surface area contributed by atoms with Gasteiger partial charge in [-0.05, 0) is 17.9 Å². The molecule has 2 rings (SSSR count). The second-order valence-corrected chi connectivity index (χ2v) is 4.75. The van der Waals surface area contributed by atoms with E-state index in [1.165, 1.54) is 36.1 Å². The van der Waals surface area contributed by atoms with Gasteiger partial charge in [-0.1, -0.05) is 0 Å². The number of anilines is 1. The number of aryl methyl sites for hydroxylation is 1. The van der Waals surface area contributed by atoms with Gasteiger partial charge in [0.05, 0.1) is 40.6 Å². The van der Waals surface area contributed by atoms with E-state index < -0.39 is 15.8 Å². The largest absolute Gasteiger partial charge is 0.494 e. The van der Waals surface area contributed by atoms with Crippen LogP contribution in [0.3, 0.4) is 0 Å². The summed E-state index contributed by atoms with van der Waals surface area (Å²) in [5, 5.41) is 27.6. The van der Waals surface area contributed by atoms with Gasteiger partial charge in [-0.15, -0.1) is 0 Å². The van der Waals surface area contributed by atoms with Crippen LogP contribution in [0.5, 0.6) is 5.75 Å². The number of non-ortho nitro benzene ring substituents is 1. The van der Waals surface area contributed by atoms with Gasteiger partial charge in [-0.3, -0.25) is 14.9 Å². The standard InChI is InChI=1S/C13H13N5O6/c1-8-5-12(18(22)23)15-16(8)7-13(19)14-10-4-3-9(17(20)21)6-11(10)24-2/h3-6H,7H2,1-2H3,(H,14,19). The first-order chi connectivity index (χ1) is 11.3. The van der Waals surface area contributed by atoms with E-state index in [0.717, 1.165) is 0 Å². The summed E-state index contributed by atoms with van der Waals surface area (Å²) in [5.74, 6) is -0.739. The molecule has 0 atom stereocenters. The highest BCUT2D eigenvalue weighted by Gasteiger charge is 2.19. The number of aromatic nitrogens is 2. The Bertz CT molecular complexity index is 815. The van der Waals surface area contributed by atoms with Crippen molar-refractivity contribution in [3.05, 3.63) is 50.2 Å². The second-order valence-electron chi connectivity index (χ2n) is 4.75. The Balaban J connectivity index is 2.15. The van der Waals surface area contributed by atoms with Gasteiger partial charge in [0.2, 0.25) is 5.91 Å². The summed E-state index contributed by atoms with van der Waals surface area (Å²) in [5.41, 5.74) is 0.517. The maximum absolute atomic E-state index is 12.1. The lowest BCUT2D eigenvalue weighted by Crippen LogP contribution is -2.20. The van der Waals surface area contributed by atoms with E-state index in [0.29, 0.717) is 5.69 Å². The molecule has 1 aromatic heterocycles. The van der Waals surface area contributed by atoms with Gasteiger partial charge in [0.1, 0.15) is 12.3 Å². The number of nitro groups is 2. The Kier molecular flexibility index (Phi) is 4.73. The van der Waals surface area contributed by atoms with E-state index in [1.54, 1.807) is 6.92 Å². The number of nitrogens with zero attached hydrogens (tertiary/aromatic N) is 4. The van der Waals surface area contributed by atoms with Crippen LogP contribution in [-0.2, 0) is 11.3 Å². The molecule has 11 nitrogen and oxygen atoms in total. The number of rotatable bonds is 6. The molecule has 1 aromatic carbocycles. The highest BCUT2D eigenvalue weighted by Crippen LogP contribution is 2.29. The molecule has 0 saturated heterocycles. The lowest BCUT2D eigenvalue weighted by Gasteiger charge is -2.09. The van der Waals surface area contributed by atoms with E-state index in [2.05, 4.69) is 10.4 Å². The fourth-order valence-electron chi connectivity index (χ4n) is 1.96. The van der Waals surface area contributed by atoms with Crippen LogP contribution in [0.25, 0.3) is 0 Å². The Morgan fingerprint density at radius 1 is 1.29 bits per heavy atom. The maximum Gasteiger partial charge on any atom is 0.390 e. The minimum atomic E-state index is -0.652. The first-order valence-electron chi connectivity index (χ1n) is 6.63. The molecule has 0 aliphatic rings. The van der Waals surface area contributed by atoms with Crippen LogP contribution in [-0.4, -0.2) is 32.6 Å². The van der Waals surface area contributed by atoms with E-state index in [-0.39, 0.29) is 29.5 Å². The Hall–Kier alpha value is -3.50. The predicted molar refractivity (Wildman–Crippen MR) is 81.9 cm³/mol. The van der Waals surface area contributed by atoms with Crippen molar-refractivity contribution in [1.82, 2.24) is 9.78 Å². The van der Waals surface area contributed by atoms with Gasteiger partial charge in [0, 0.05) is 6.07 Å². The molecule has 0 spiro atoms. The minimum Gasteiger partial charge on any atom is -0.494 e. The molecule has 126 valence electrons. The average Bonchev–Trinajstić information content (AvgIpc) is 2.88. The molecule has 0 unspecified atom stereocenters. The van der Waals surface area contributed by atoms with Crippen LogP contribution in [0.4, 0.5) is 17.2 Å². The second kappa shape index (κ2) is 6.73. The van der Waals surface area contributed by atoms with Crippen LogP contribution in [0.2, 0.25) is 0 Å². The normalized spacial score (nSPS) is 10.2. The zero-order chi connectivity index (χ0) is 17.9. The summed E-state index contributed by atoms with van der Waals surface area (Å²) < 4.78 is 6.20. The smallest absolute Gasteiger partial charge is 0.390 e. The zero-order valence-electron chi connectivity index (χ0n) is 12.8. The monoisotopic (exact) mass is 335 g/mol. The quantitative estimate of drug-likeness (QED) is 0.624. The summed E-state index contributed by atoms with van der Waals surface area (Å²) in [4.78, 5) is 32.2. The van der Waals surface area contributed by atoms with Crippen molar-refractivity contribution in [3.63, 3.8) is 0 Å². The first-order valence-corrected chi connectivity index (χ1v) is 6.63. The van der Waals surface area contributed by atoms with Crippen molar-refractivity contribution in [2.75, 3.05) is 12.4 Å². The lowest BCUT2D eigenvalue weighted by molar-refractivity contribution is -0.389. The molecule has 1 N–H and O–H groups in total. The molecular weight excluding hydrogens is 322 g/mol. The molecule has 0 saturated carbocycles.